The first-order chi connectivity index (χ1) is 16.5. The Morgan fingerprint density at radius 2 is 1.71 bits per heavy atom. The predicted octanol–water partition coefficient (Wildman–Crippen LogP) is 2.93. The number of hydrogen-bond acceptors (Lipinski definition) is 8. The Labute approximate surface area is 200 Å². The van der Waals surface area contributed by atoms with E-state index in [9.17, 15) is 14.4 Å². The lowest BCUT2D eigenvalue weighted by Crippen LogP contribution is -2.48. The zero-order valence-electron chi connectivity index (χ0n) is 18.9. The molecule has 2 aliphatic heterocycles. The van der Waals surface area contributed by atoms with E-state index in [2.05, 4.69) is 4.90 Å². The first-order valence-corrected chi connectivity index (χ1v) is 11.8. The van der Waals surface area contributed by atoms with Crippen molar-refractivity contribution in [2.24, 2.45) is 0 Å². The molecule has 9 nitrogen and oxygen atoms in total. The third-order valence-corrected chi connectivity index (χ3v) is 7.21. The molecule has 1 aromatic heterocycles. The Bertz CT molecular complexity index is 1270. The summed E-state index contributed by atoms with van der Waals surface area (Å²) in [5.74, 6) is 0.686. The number of nitrogens with zero attached hydrogens (tertiary/aromatic N) is 4. The van der Waals surface area contributed by atoms with Crippen molar-refractivity contribution in [3.63, 3.8) is 0 Å². The van der Waals surface area contributed by atoms with Crippen LogP contribution in [0.25, 0.3) is 10.2 Å². The third-order valence-electron chi connectivity index (χ3n) is 6.13. The monoisotopic (exact) mass is 480 g/mol. The zero-order valence-corrected chi connectivity index (χ0v) is 19.8. The molecule has 3 amide bonds. The highest BCUT2D eigenvalue weighted by Crippen LogP contribution is 2.40. The maximum Gasteiger partial charge on any atom is 0.254 e. The lowest BCUT2D eigenvalue weighted by molar-refractivity contribution is -0.121. The number of hydrogen-bond donors (Lipinski definition) is 0. The summed E-state index contributed by atoms with van der Waals surface area (Å²) in [6.07, 6.45) is 0.423. The number of methoxy groups -OCH3 is 2. The molecule has 10 heteroatoms. The number of thiazole rings is 1. The molecule has 0 atom stereocenters. The van der Waals surface area contributed by atoms with Gasteiger partial charge in [0, 0.05) is 44.6 Å². The summed E-state index contributed by atoms with van der Waals surface area (Å²) in [5.41, 5.74) is 1.69. The maximum atomic E-state index is 13.1. The quantitative estimate of drug-likeness (QED) is 0.519. The van der Waals surface area contributed by atoms with Gasteiger partial charge in [0.1, 0.15) is 5.52 Å². The first kappa shape index (κ1) is 22.1. The van der Waals surface area contributed by atoms with Gasteiger partial charge in [0.25, 0.3) is 5.91 Å². The zero-order chi connectivity index (χ0) is 23.8. The summed E-state index contributed by atoms with van der Waals surface area (Å²) in [7, 11) is 3.20. The van der Waals surface area contributed by atoms with Crippen LogP contribution in [0.4, 0.5) is 10.8 Å². The van der Waals surface area contributed by atoms with Crippen LogP contribution in [0.15, 0.2) is 36.4 Å². The van der Waals surface area contributed by atoms with Crippen LogP contribution in [0.1, 0.15) is 23.2 Å². The van der Waals surface area contributed by atoms with Gasteiger partial charge in [-0.05, 0) is 30.3 Å². The number of rotatable bonds is 5. The van der Waals surface area contributed by atoms with E-state index in [1.165, 1.54) is 4.90 Å². The number of benzene rings is 2. The van der Waals surface area contributed by atoms with E-state index in [0.29, 0.717) is 48.9 Å². The molecule has 2 saturated heterocycles. The molecule has 2 aromatic carbocycles. The fourth-order valence-corrected chi connectivity index (χ4v) is 5.38. The van der Waals surface area contributed by atoms with Crippen LogP contribution in [0.5, 0.6) is 11.5 Å². The van der Waals surface area contributed by atoms with Crippen LogP contribution in [-0.4, -0.2) is 68.0 Å². The van der Waals surface area contributed by atoms with Crippen molar-refractivity contribution in [2.75, 3.05) is 50.2 Å². The number of fused-ring (bicyclic) bond motifs is 1. The summed E-state index contributed by atoms with van der Waals surface area (Å²) in [6.45, 7) is 2.38. The Morgan fingerprint density at radius 1 is 0.971 bits per heavy atom. The van der Waals surface area contributed by atoms with Crippen LogP contribution < -0.4 is 19.3 Å². The number of aromatic nitrogens is 1. The van der Waals surface area contributed by atoms with Gasteiger partial charge in [-0.2, -0.15) is 0 Å². The van der Waals surface area contributed by atoms with E-state index in [1.54, 1.807) is 54.7 Å². The number of carbonyl (C=O) groups is 3. The molecule has 3 aromatic rings. The molecule has 176 valence electrons. The summed E-state index contributed by atoms with van der Waals surface area (Å²) in [6, 6.07) is 10.6. The minimum Gasteiger partial charge on any atom is -0.493 e. The highest BCUT2D eigenvalue weighted by atomic mass is 32.1. The van der Waals surface area contributed by atoms with Gasteiger partial charge in [-0.1, -0.05) is 17.4 Å². The van der Waals surface area contributed by atoms with Gasteiger partial charge in [0.15, 0.2) is 16.6 Å². The molecule has 5 rings (SSSR count). The van der Waals surface area contributed by atoms with Crippen molar-refractivity contribution in [1.82, 2.24) is 9.88 Å². The average Bonchev–Trinajstić information content (AvgIpc) is 3.45. The Kier molecular flexibility index (Phi) is 5.82. The van der Waals surface area contributed by atoms with Crippen molar-refractivity contribution in [1.29, 1.82) is 0 Å². The van der Waals surface area contributed by atoms with Gasteiger partial charge in [0.05, 0.1) is 24.6 Å². The Morgan fingerprint density at radius 3 is 2.38 bits per heavy atom. The standard InChI is InChI=1S/C24H24N4O5S/c1-32-17-6-7-18-21(22(17)33-2)25-24(34-18)27-12-10-26(11-13-27)23(31)15-4-3-5-16(14-15)28-19(29)8-9-20(28)30/h3-7,14H,8-13H2,1-2H3. The van der Waals surface area contributed by atoms with Crippen LogP contribution in [0, 0.1) is 0 Å². The number of imide groups is 1. The maximum absolute atomic E-state index is 13.1. The number of carbonyl (C=O) groups excluding carboxylic acids is 3. The fraction of sp³-hybridized carbons (Fsp3) is 0.333. The summed E-state index contributed by atoms with van der Waals surface area (Å²) in [5, 5.41) is 0.877. The van der Waals surface area contributed by atoms with Crippen LogP contribution >= 0.6 is 11.3 Å². The van der Waals surface area contributed by atoms with Crippen molar-refractivity contribution in [3.05, 3.63) is 42.0 Å². The van der Waals surface area contributed by atoms with Crippen LogP contribution in [-0.2, 0) is 9.59 Å². The second kappa shape index (κ2) is 8.94. The van der Waals surface area contributed by atoms with E-state index in [1.807, 2.05) is 12.1 Å². The molecule has 0 unspecified atom stereocenters. The van der Waals surface area contributed by atoms with Crippen molar-refractivity contribution in [2.45, 2.75) is 12.8 Å². The largest absolute Gasteiger partial charge is 0.493 e. The molecule has 0 bridgehead atoms. The molecule has 0 spiro atoms. The highest BCUT2D eigenvalue weighted by molar-refractivity contribution is 7.22. The summed E-state index contributed by atoms with van der Waals surface area (Å²) in [4.78, 5) is 47.2. The minimum absolute atomic E-state index is 0.115. The smallest absolute Gasteiger partial charge is 0.254 e. The van der Waals surface area contributed by atoms with Gasteiger partial charge in [0.2, 0.25) is 11.8 Å². The second-order valence-corrected chi connectivity index (χ2v) is 9.11. The highest BCUT2D eigenvalue weighted by Gasteiger charge is 2.31. The van der Waals surface area contributed by atoms with Crippen LogP contribution in [0.3, 0.4) is 0 Å². The minimum atomic E-state index is -0.228. The molecular formula is C24H24N4O5S. The van der Waals surface area contributed by atoms with E-state index < -0.39 is 0 Å². The predicted molar refractivity (Wildman–Crippen MR) is 129 cm³/mol. The van der Waals surface area contributed by atoms with Gasteiger partial charge in [-0.15, -0.1) is 0 Å². The normalized spacial score (nSPS) is 16.5. The van der Waals surface area contributed by atoms with Crippen molar-refractivity contribution in [3.8, 4) is 11.5 Å². The van der Waals surface area contributed by atoms with E-state index in [4.69, 9.17) is 14.5 Å². The lowest BCUT2D eigenvalue weighted by Gasteiger charge is -2.34. The number of ether oxygens (including phenoxy) is 2. The molecule has 0 N–H and O–H groups in total. The van der Waals surface area contributed by atoms with Gasteiger partial charge < -0.3 is 19.3 Å². The molecule has 2 fully saturated rings. The van der Waals surface area contributed by atoms with E-state index in [0.717, 1.165) is 15.3 Å². The second-order valence-electron chi connectivity index (χ2n) is 8.10. The molecule has 0 saturated carbocycles. The van der Waals surface area contributed by atoms with E-state index >= 15 is 0 Å². The number of anilines is 2. The number of piperazine rings is 1. The SMILES string of the molecule is COc1ccc2sc(N3CCN(C(=O)c4cccc(N5C(=O)CCC5=O)c4)CC3)nc2c1OC. The molecule has 0 aliphatic carbocycles. The van der Waals surface area contributed by atoms with Gasteiger partial charge in [-0.3, -0.25) is 19.3 Å². The van der Waals surface area contributed by atoms with Crippen molar-refractivity contribution >= 4 is 50.1 Å². The van der Waals surface area contributed by atoms with Gasteiger partial charge >= 0.3 is 0 Å². The summed E-state index contributed by atoms with van der Waals surface area (Å²) < 4.78 is 11.9. The fourth-order valence-electron chi connectivity index (χ4n) is 4.36. The average molecular weight is 481 g/mol. The Balaban J connectivity index is 1.29. The Hall–Kier alpha value is -3.66. The van der Waals surface area contributed by atoms with E-state index in [-0.39, 0.29) is 30.6 Å². The molecule has 3 heterocycles. The van der Waals surface area contributed by atoms with Crippen LogP contribution in [0.2, 0.25) is 0 Å². The molecular weight excluding hydrogens is 456 g/mol. The van der Waals surface area contributed by atoms with Crippen molar-refractivity contribution < 1.29 is 23.9 Å². The molecule has 34 heavy (non-hydrogen) atoms. The van der Waals surface area contributed by atoms with Gasteiger partial charge in [-0.25, -0.2) is 4.98 Å². The first-order valence-electron chi connectivity index (χ1n) is 11.0. The topological polar surface area (TPSA) is 92.3 Å². The molecule has 0 radical (unpaired) electrons. The summed E-state index contributed by atoms with van der Waals surface area (Å²) >= 11 is 1.58. The lowest BCUT2D eigenvalue weighted by atomic mass is 10.1. The number of amides is 3. The third kappa shape index (κ3) is 3.83. The molecule has 2 aliphatic rings.